The molecule has 0 N–H and O–H groups in total. The Balaban J connectivity index is 1.96. The number of piperazine rings is 1. The minimum Gasteiger partial charge on any atom is -0.329 e. The Kier molecular flexibility index (Phi) is 3.09. The number of benzene rings is 1. The molecule has 2 amide bonds. The highest BCUT2D eigenvalue weighted by molar-refractivity contribution is 9.10. The van der Waals surface area contributed by atoms with Crippen molar-refractivity contribution < 1.29 is 9.59 Å². The van der Waals surface area contributed by atoms with Crippen LogP contribution in [0.4, 0.5) is 5.69 Å². The zero-order chi connectivity index (χ0) is 13.6. The lowest BCUT2D eigenvalue weighted by atomic mass is 10.1. The summed E-state index contributed by atoms with van der Waals surface area (Å²) in [6.45, 7) is 2.87. The molecule has 0 aliphatic carbocycles. The second kappa shape index (κ2) is 4.63. The fourth-order valence-corrected chi connectivity index (χ4v) is 3.55. The number of amides is 2. The zero-order valence-electron chi connectivity index (χ0n) is 10.7. The molecule has 0 aromatic heterocycles. The second-order valence-electron chi connectivity index (χ2n) is 5.12. The number of anilines is 1. The van der Waals surface area contributed by atoms with Crippen molar-refractivity contribution in [1.82, 2.24) is 4.90 Å². The first kappa shape index (κ1) is 12.7. The maximum atomic E-state index is 12.5. The number of rotatable bonds is 1. The van der Waals surface area contributed by atoms with Gasteiger partial charge in [0.1, 0.15) is 12.6 Å². The lowest BCUT2D eigenvalue weighted by molar-refractivity contribution is -0.140. The summed E-state index contributed by atoms with van der Waals surface area (Å²) in [6, 6.07) is 5.57. The Labute approximate surface area is 120 Å². The number of fused-ring (bicyclic) bond motifs is 1. The summed E-state index contributed by atoms with van der Waals surface area (Å²) in [5.74, 6) is 0.0937. The summed E-state index contributed by atoms with van der Waals surface area (Å²) in [7, 11) is 0. The summed E-state index contributed by atoms with van der Waals surface area (Å²) in [6.07, 6.45) is 1.70. The highest BCUT2D eigenvalue weighted by Crippen LogP contribution is 2.32. The van der Waals surface area contributed by atoms with E-state index in [0.717, 1.165) is 35.1 Å². The van der Waals surface area contributed by atoms with E-state index in [2.05, 4.69) is 15.9 Å². The number of hydrogen-bond donors (Lipinski definition) is 0. The van der Waals surface area contributed by atoms with E-state index >= 15 is 0 Å². The minimum absolute atomic E-state index is 0.0432. The van der Waals surface area contributed by atoms with Crippen LogP contribution < -0.4 is 4.90 Å². The minimum atomic E-state index is -0.255. The Morgan fingerprint density at radius 1 is 1.32 bits per heavy atom. The van der Waals surface area contributed by atoms with Crippen LogP contribution in [0.3, 0.4) is 0 Å². The fourth-order valence-electron chi connectivity index (χ4n) is 2.84. The highest BCUT2D eigenvalue weighted by atomic mass is 79.9. The smallest absolute Gasteiger partial charge is 0.250 e. The van der Waals surface area contributed by atoms with Gasteiger partial charge >= 0.3 is 0 Å². The lowest BCUT2D eigenvalue weighted by Gasteiger charge is -2.36. The Morgan fingerprint density at radius 2 is 2.11 bits per heavy atom. The molecule has 5 heteroatoms. The van der Waals surface area contributed by atoms with E-state index in [9.17, 15) is 9.59 Å². The first-order chi connectivity index (χ1) is 9.08. The van der Waals surface area contributed by atoms with Crippen LogP contribution in [0.15, 0.2) is 22.7 Å². The maximum absolute atomic E-state index is 12.5. The van der Waals surface area contributed by atoms with Crippen molar-refractivity contribution in [2.24, 2.45) is 0 Å². The van der Waals surface area contributed by atoms with Crippen LogP contribution in [0, 0.1) is 6.92 Å². The van der Waals surface area contributed by atoms with E-state index in [1.807, 2.05) is 25.1 Å². The lowest BCUT2D eigenvalue weighted by Crippen LogP contribution is -2.57. The van der Waals surface area contributed by atoms with Crippen LogP contribution in [0.2, 0.25) is 0 Å². The normalized spacial score (nSPS) is 22.9. The number of aryl methyl sites for hydroxylation is 1. The molecule has 2 heterocycles. The molecule has 2 fully saturated rings. The van der Waals surface area contributed by atoms with Gasteiger partial charge in [-0.25, -0.2) is 0 Å². The van der Waals surface area contributed by atoms with Gasteiger partial charge in [0.15, 0.2) is 0 Å². The van der Waals surface area contributed by atoms with Crippen molar-refractivity contribution in [2.45, 2.75) is 25.8 Å². The summed E-state index contributed by atoms with van der Waals surface area (Å²) >= 11 is 3.48. The third-order valence-corrected chi connectivity index (χ3v) is 4.45. The number of halogens is 1. The van der Waals surface area contributed by atoms with E-state index in [-0.39, 0.29) is 24.4 Å². The third-order valence-electron chi connectivity index (χ3n) is 3.81. The van der Waals surface area contributed by atoms with Crippen LogP contribution in [0.1, 0.15) is 18.4 Å². The molecule has 1 aromatic rings. The Morgan fingerprint density at radius 3 is 2.84 bits per heavy atom. The van der Waals surface area contributed by atoms with Crippen molar-refractivity contribution in [3.8, 4) is 0 Å². The first-order valence-electron chi connectivity index (χ1n) is 6.45. The molecular weight excluding hydrogens is 308 g/mol. The number of carbonyl (C=O) groups excluding carboxylic acids is 2. The molecule has 1 atom stereocenters. The molecule has 100 valence electrons. The van der Waals surface area contributed by atoms with Crippen molar-refractivity contribution >= 4 is 33.4 Å². The molecule has 3 rings (SSSR count). The predicted octanol–water partition coefficient (Wildman–Crippen LogP) is 2.10. The summed E-state index contributed by atoms with van der Waals surface area (Å²) < 4.78 is 0.861. The monoisotopic (exact) mass is 322 g/mol. The molecule has 2 aliphatic heterocycles. The van der Waals surface area contributed by atoms with E-state index < -0.39 is 0 Å². The Hall–Kier alpha value is -1.36. The first-order valence-corrected chi connectivity index (χ1v) is 7.24. The molecule has 19 heavy (non-hydrogen) atoms. The van der Waals surface area contributed by atoms with Gasteiger partial charge < -0.3 is 9.80 Å². The van der Waals surface area contributed by atoms with Crippen molar-refractivity contribution in [3.63, 3.8) is 0 Å². The quantitative estimate of drug-likeness (QED) is 0.794. The largest absolute Gasteiger partial charge is 0.329 e. The van der Waals surface area contributed by atoms with Crippen molar-refractivity contribution in [3.05, 3.63) is 28.2 Å². The standard InChI is InChI=1S/C14H15BrN2O2/c1-9-4-5-11(10(15)7-9)17-8-13(18)16-6-2-3-12(16)14(17)19/h4-5,7,12H,2-3,6,8H2,1H3. The molecule has 2 saturated heterocycles. The molecule has 4 nitrogen and oxygen atoms in total. The van der Waals surface area contributed by atoms with Crippen LogP contribution >= 0.6 is 15.9 Å². The average molecular weight is 323 g/mol. The van der Waals surface area contributed by atoms with Crippen LogP contribution in [-0.4, -0.2) is 35.8 Å². The van der Waals surface area contributed by atoms with Crippen molar-refractivity contribution in [2.75, 3.05) is 18.0 Å². The molecule has 1 unspecified atom stereocenters. The van der Waals surface area contributed by atoms with Gasteiger partial charge in [0.25, 0.3) is 0 Å². The Bertz CT molecular complexity index is 558. The fraction of sp³-hybridized carbons (Fsp3) is 0.429. The zero-order valence-corrected chi connectivity index (χ0v) is 12.3. The van der Waals surface area contributed by atoms with Gasteiger partial charge in [0, 0.05) is 11.0 Å². The maximum Gasteiger partial charge on any atom is 0.250 e. The second-order valence-corrected chi connectivity index (χ2v) is 5.98. The summed E-state index contributed by atoms with van der Waals surface area (Å²) in [5, 5.41) is 0. The molecule has 0 spiro atoms. The topological polar surface area (TPSA) is 40.6 Å². The molecule has 2 aliphatic rings. The molecule has 0 saturated carbocycles. The van der Waals surface area contributed by atoms with Gasteiger partial charge in [-0.05, 0) is 53.4 Å². The average Bonchev–Trinajstić information content (AvgIpc) is 2.84. The van der Waals surface area contributed by atoms with Gasteiger partial charge in [-0.15, -0.1) is 0 Å². The number of nitrogens with zero attached hydrogens (tertiary/aromatic N) is 2. The summed E-state index contributed by atoms with van der Waals surface area (Å²) in [4.78, 5) is 27.9. The van der Waals surface area contributed by atoms with E-state index in [4.69, 9.17) is 0 Å². The third kappa shape index (κ3) is 2.06. The van der Waals surface area contributed by atoms with Gasteiger partial charge in [-0.1, -0.05) is 6.07 Å². The van der Waals surface area contributed by atoms with Crippen LogP contribution in [-0.2, 0) is 9.59 Å². The van der Waals surface area contributed by atoms with Crippen LogP contribution in [0.5, 0.6) is 0 Å². The highest BCUT2D eigenvalue weighted by Gasteiger charge is 2.42. The van der Waals surface area contributed by atoms with Crippen molar-refractivity contribution in [1.29, 1.82) is 0 Å². The van der Waals surface area contributed by atoms with Crippen LogP contribution in [0.25, 0.3) is 0 Å². The number of carbonyl (C=O) groups is 2. The van der Waals surface area contributed by atoms with Gasteiger partial charge in [0.2, 0.25) is 11.8 Å². The van der Waals surface area contributed by atoms with E-state index in [1.54, 1.807) is 9.80 Å². The summed E-state index contributed by atoms with van der Waals surface area (Å²) in [5.41, 5.74) is 1.91. The SMILES string of the molecule is Cc1ccc(N2CC(=O)N3CCCC3C2=O)c(Br)c1. The predicted molar refractivity (Wildman–Crippen MR) is 76.0 cm³/mol. The van der Waals surface area contributed by atoms with Gasteiger partial charge in [0.05, 0.1) is 5.69 Å². The van der Waals surface area contributed by atoms with E-state index in [1.165, 1.54) is 0 Å². The van der Waals surface area contributed by atoms with Gasteiger partial charge in [-0.3, -0.25) is 9.59 Å². The molecular formula is C14H15BrN2O2. The molecule has 0 radical (unpaired) electrons. The van der Waals surface area contributed by atoms with E-state index in [0.29, 0.717) is 0 Å². The van der Waals surface area contributed by atoms with Gasteiger partial charge in [-0.2, -0.15) is 0 Å². The molecule has 1 aromatic carbocycles. The molecule has 0 bridgehead atoms. The number of hydrogen-bond acceptors (Lipinski definition) is 2.